The molecule has 3 rings (SSSR count). The van der Waals surface area contributed by atoms with Crippen LogP contribution in [-0.2, 0) is 4.79 Å². The lowest BCUT2D eigenvalue weighted by Gasteiger charge is -2.14. The molecule has 0 saturated heterocycles. The second kappa shape index (κ2) is 7.55. The lowest BCUT2D eigenvalue weighted by Crippen LogP contribution is -2.36. The van der Waals surface area contributed by atoms with Crippen molar-refractivity contribution in [2.45, 2.75) is 18.9 Å². The number of benzene rings is 1. The number of hydrogen-bond acceptors (Lipinski definition) is 4. The number of aldehydes is 1. The van der Waals surface area contributed by atoms with Gasteiger partial charge in [-0.2, -0.15) is 0 Å². The smallest absolute Gasteiger partial charge is 0.254 e. The predicted molar refractivity (Wildman–Crippen MR) is 90.9 cm³/mol. The number of carbonyl (C=O) groups excluding carboxylic acids is 2. The summed E-state index contributed by atoms with van der Waals surface area (Å²) in [7, 11) is 0. The fraction of sp³-hybridized carbons (Fsp3) is 0.211. The van der Waals surface area contributed by atoms with E-state index >= 15 is 0 Å². The van der Waals surface area contributed by atoms with E-state index in [-0.39, 0.29) is 5.91 Å². The van der Waals surface area contributed by atoms with E-state index in [2.05, 4.69) is 10.3 Å². The van der Waals surface area contributed by atoms with Gasteiger partial charge in [0, 0.05) is 11.8 Å². The predicted octanol–water partition coefficient (Wildman–Crippen LogP) is 2.77. The molecule has 1 amide bonds. The second-order valence-corrected chi connectivity index (χ2v) is 5.49. The Morgan fingerprint density at radius 1 is 1.21 bits per heavy atom. The van der Waals surface area contributed by atoms with Gasteiger partial charge in [0.15, 0.2) is 0 Å². The zero-order valence-corrected chi connectivity index (χ0v) is 13.1. The number of amides is 1. The summed E-state index contributed by atoms with van der Waals surface area (Å²) in [6, 6.07) is 10.4. The van der Waals surface area contributed by atoms with Crippen molar-refractivity contribution in [2.24, 2.45) is 0 Å². The van der Waals surface area contributed by atoms with Crippen LogP contribution in [0.2, 0.25) is 0 Å². The number of aromatic nitrogens is 1. The minimum absolute atomic E-state index is 0.313. The van der Waals surface area contributed by atoms with Crippen molar-refractivity contribution >= 4 is 12.2 Å². The zero-order valence-electron chi connectivity index (χ0n) is 13.1. The van der Waals surface area contributed by atoms with Crippen molar-refractivity contribution in [3.8, 4) is 17.0 Å². The molecule has 1 aromatic carbocycles. The molecule has 1 aliphatic rings. The van der Waals surface area contributed by atoms with Crippen LogP contribution in [0.5, 0.6) is 5.75 Å². The SMILES string of the molecule is O=C[C@@H]1C/C=C\CCOc2cccc(c2)-c2ncccc2C(=O)N1. The minimum atomic E-state index is -0.558. The lowest BCUT2D eigenvalue weighted by atomic mass is 10.0. The molecule has 0 fully saturated rings. The molecular formula is C19H18N2O3. The molecule has 0 radical (unpaired) electrons. The Morgan fingerprint density at radius 3 is 3.00 bits per heavy atom. The van der Waals surface area contributed by atoms with Crippen LogP contribution in [-0.4, -0.2) is 29.8 Å². The number of pyridine rings is 1. The quantitative estimate of drug-likeness (QED) is 0.647. The molecule has 24 heavy (non-hydrogen) atoms. The second-order valence-electron chi connectivity index (χ2n) is 5.49. The average Bonchev–Trinajstić information content (AvgIpc) is 2.63. The largest absolute Gasteiger partial charge is 0.493 e. The van der Waals surface area contributed by atoms with E-state index in [0.29, 0.717) is 24.3 Å². The van der Waals surface area contributed by atoms with Crippen LogP contribution in [0, 0.1) is 0 Å². The first-order valence-electron chi connectivity index (χ1n) is 7.87. The van der Waals surface area contributed by atoms with Crippen molar-refractivity contribution in [3.63, 3.8) is 0 Å². The molecule has 5 heteroatoms. The minimum Gasteiger partial charge on any atom is -0.493 e. The van der Waals surface area contributed by atoms with E-state index < -0.39 is 6.04 Å². The highest BCUT2D eigenvalue weighted by atomic mass is 16.5. The summed E-state index contributed by atoms with van der Waals surface area (Å²) in [5.74, 6) is 0.424. The fourth-order valence-corrected chi connectivity index (χ4v) is 2.55. The van der Waals surface area contributed by atoms with Crippen LogP contribution >= 0.6 is 0 Å². The monoisotopic (exact) mass is 322 g/mol. The van der Waals surface area contributed by atoms with E-state index in [1.807, 2.05) is 36.4 Å². The molecule has 1 aliphatic heterocycles. The topological polar surface area (TPSA) is 68.3 Å². The molecule has 2 aromatic rings. The van der Waals surface area contributed by atoms with E-state index in [0.717, 1.165) is 24.0 Å². The van der Waals surface area contributed by atoms with Crippen LogP contribution in [0.15, 0.2) is 54.7 Å². The summed E-state index contributed by atoms with van der Waals surface area (Å²) in [4.78, 5) is 28.1. The van der Waals surface area contributed by atoms with Gasteiger partial charge in [-0.1, -0.05) is 24.3 Å². The molecular weight excluding hydrogens is 304 g/mol. The third-order valence-electron chi connectivity index (χ3n) is 3.75. The number of rotatable bonds is 1. The Hall–Kier alpha value is -2.95. The molecule has 5 nitrogen and oxygen atoms in total. The summed E-state index contributed by atoms with van der Waals surface area (Å²) < 4.78 is 5.74. The van der Waals surface area contributed by atoms with Crippen LogP contribution in [0.4, 0.5) is 0 Å². The van der Waals surface area contributed by atoms with Crippen LogP contribution < -0.4 is 10.1 Å². The first kappa shape index (κ1) is 15.9. The third kappa shape index (κ3) is 3.68. The maximum atomic E-state index is 12.6. The molecule has 2 heterocycles. The first-order valence-corrected chi connectivity index (χ1v) is 7.87. The fourth-order valence-electron chi connectivity index (χ4n) is 2.55. The van der Waals surface area contributed by atoms with Gasteiger partial charge in [-0.3, -0.25) is 9.78 Å². The highest BCUT2D eigenvalue weighted by molar-refractivity contribution is 6.01. The van der Waals surface area contributed by atoms with E-state index in [1.54, 1.807) is 18.3 Å². The molecule has 2 bridgehead atoms. The van der Waals surface area contributed by atoms with Gasteiger partial charge in [0.25, 0.3) is 5.91 Å². The van der Waals surface area contributed by atoms with Crippen molar-refractivity contribution in [1.82, 2.24) is 10.3 Å². The van der Waals surface area contributed by atoms with Crippen molar-refractivity contribution in [1.29, 1.82) is 0 Å². The Morgan fingerprint density at radius 2 is 2.12 bits per heavy atom. The lowest BCUT2D eigenvalue weighted by molar-refractivity contribution is -0.109. The van der Waals surface area contributed by atoms with Gasteiger partial charge in [0.1, 0.15) is 12.0 Å². The maximum absolute atomic E-state index is 12.6. The Kier molecular flexibility index (Phi) is 5.01. The third-order valence-corrected chi connectivity index (χ3v) is 3.75. The summed E-state index contributed by atoms with van der Waals surface area (Å²) >= 11 is 0. The van der Waals surface area contributed by atoms with Gasteiger partial charge in [-0.05, 0) is 37.1 Å². The van der Waals surface area contributed by atoms with Gasteiger partial charge in [-0.15, -0.1) is 0 Å². The summed E-state index contributed by atoms with van der Waals surface area (Å²) in [5.41, 5.74) is 1.80. The normalized spacial score (nSPS) is 19.2. The van der Waals surface area contributed by atoms with Crippen molar-refractivity contribution < 1.29 is 14.3 Å². The van der Waals surface area contributed by atoms with E-state index in [9.17, 15) is 9.59 Å². The van der Waals surface area contributed by atoms with E-state index in [1.165, 1.54) is 0 Å². The number of hydrogen-bond donors (Lipinski definition) is 1. The number of nitrogens with zero attached hydrogens (tertiary/aromatic N) is 1. The van der Waals surface area contributed by atoms with Crippen molar-refractivity contribution in [3.05, 3.63) is 60.3 Å². The number of nitrogens with one attached hydrogen (secondary N) is 1. The molecule has 0 aliphatic carbocycles. The van der Waals surface area contributed by atoms with Crippen LogP contribution in [0.25, 0.3) is 11.3 Å². The first-order chi connectivity index (χ1) is 11.8. The molecule has 1 aromatic heterocycles. The maximum Gasteiger partial charge on any atom is 0.254 e. The Labute approximate surface area is 140 Å². The van der Waals surface area contributed by atoms with Crippen molar-refractivity contribution in [2.75, 3.05) is 6.61 Å². The summed E-state index contributed by atoms with van der Waals surface area (Å²) in [6.07, 6.45) is 7.42. The van der Waals surface area contributed by atoms with Gasteiger partial charge in [0.2, 0.25) is 0 Å². The molecule has 0 spiro atoms. The number of ether oxygens (including phenoxy) is 1. The molecule has 0 unspecified atom stereocenters. The Balaban J connectivity index is 2.03. The highest BCUT2D eigenvalue weighted by Gasteiger charge is 2.17. The van der Waals surface area contributed by atoms with Gasteiger partial charge in [-0.25, -0.2) is 0 Å². The van der Waals surface area contributed by atoms with Crippen LogP contribution in [0.3, 0.4) is 0 Å². The molecule has 122 valence electrons. The summed E-state index contributed by atoms with van der Waals surface area (Å²) in [6.45, 7) is 0.549. The summed E-state index contributed by atoms with van der Waals surface area (Å²) in [5, 5.41) is 2.76. The van der Waals surface area contributed by atoms with Gasteiger partial charge < -0.3 is 14.8 Å². The number of fused-ring (bicyclic) bond motifs is 4. The van der Waals surface area contributed by atoms with Gasteiger partial charge in [0.05, 0.1) is 23.9 Å². The van der Waals surface area contributed by atoms with E-state index in [4.69, 9.17) is 4.74 Å². The standard InChI is InChI=1S/C19H18N2O3/c22-13-15-7-2-1-3-11-24-16-8-4-6-14(12-16)18-17(19(23)21-15)9-5-10-20-18/h1-2,4-6,8-10,12-13,15H,3,7,11H2,(H,21,23)/b2-1-/t15-/m0/s1. The average molecular weight is 322 g/mol. The molecule has 1 atom stereocenters. The molecule has 0 saturated carbocycles. The van der Waals surface area contributed by atoms with Crippen LogP contribution in [0.1, 0.15) is 23.2 Å². The zero-order chi connectivity index (χ0) is 16.8. The van der Waals surface area contributed by atoms with Gasteiger partial charge >= 0.3 is 0 Å². The number of carbonyl (C=O) groups is 2. The molecule has 1 N–H and O–H groups in total. The Bertz CT molecular complexity index is 771. The highest BCUT2D eigenvalue weighted by Crippen LogP contribution is 2.25.